The lowest BCUT2D eigenvalue weighted by atomic mass is 9.95. The van der Waals surface area contributed by atoms with Gasteiger partial charge in [-0.05, 0) is 60.5 Å². The van der Waals surface area contributed by atoms with E-state index < -0.39 is 23.5 Å². The van der Waals surface area contributed by atoms with Gasteiger partial charge in [-0.25, -0.2) is 4.39 Å². The van der Waals surface area contributed by atoms with Crippen molar-refractivity contribution in [1.29, 1.82) is 0 Å². The summed E-state index contributed by atoms with van der Waals surface area (Å²) < 4.78 is 24.4. The molecule has 6 nitrogen and oxygen atoms in total. The molecule has 0 bridgehead atoms. The topological polar surface area (TPSA) is 76.1 Å². The molecule has 0 unspecified atom stereocenters. The number of benzene rings is 3. The van der Waals surface area contributed by atoms with Gasteiger partial charge in [0.25, 0.3) is 11.7 Å². The smallest absolute Gasteiger partial charge is 0.295 e. The van der Waals surface area contributed by atoms with Crippen molar-refractivity contribution in [2.45, 2.75) is 12.5 Å². The number of rotatable bonds is 8. The van der Waals surface area contributed by atoms with Crippen molar-refractivity contribution in [3.8, 4) is 11.5 Å². The molecular formula is C27H24FNO5. The molecule has 174 valence electrons. The lowest BCUT2D eigenvalue weighted by Crippen LogP contribution is -2.31. The molecule has 3 aromatic carbocycles. The van der Waals surface area contributed by atoms with Gasteiger partial charge in [0.1, 0.15) is 23.1 Å². The van der Waals surface area contributed by atoms with E-state index in [-0.39, 0.29) is 23.4 Å². The van der Waals surface area contributed by atoms with Gasteiger partial charge in [0.05, 0.1) is 11.6 Å². The Hall–Kier alpha value is -3.97. The van der Waals surface area contributed by atoms with Crippen molar-refractivity contribution in [2.24, 2.45) is 0 Å². The van der Waals surface area contributed by atoms with Crippen molar-refractivity contribution >= 4 is 17.4 Å². The van der Waals surface area contributed by atoms with E-state index in [1.807, 2.05) is 30.3 Å². The number of amides is 1. The molecule has 1 N–H and O–H groups in total. The van der Waals surface area contributed by atoms with Crippen molar-refractivity contribution in [3.63, 3.8) is 0 Å². The minimum Gasteiger partial charge on any atom is -0.507 e. The molecule has 4 rings (SSSR count). The number of hydrogen-bond acceptors (Lipinski definition) is 5. The fourth-order valence-electron chi connectivity index (χ4n) is 3.97. The molecule has 0 spiro atoms. The summed E-state index contributed by atoms with van der Waals surface area (Å²) in [5, 5.41) is 11.0. The Labute approximate surface area is 196 Å². The molecule has 1 atom stereocenters. The third kappa shape index (κ3) is 4.84. The summed E-state index contributed by atoms with van der Waals surface area (Å²) >= 11 is 0. The van der Waals surface area contributed by atoms with Gasteiger partial charge < -0.3 is 19.5 Å². The Balaban J connectivity index is 1.78. The zero-order valence-corrected chi connectivity index (χ0v) is 18.6. The summed E-state index contributed by atoms with van der Waals surface area (Å²) in [6, 6.07) is 20.6. The number of carbonyl (C=O) groups excluding carboxylic acids is 2. The van der Waals surface area contributed by atoms with Gasteiger partial charge in [0.15, 0.2) is 0 Å². The Bertz CT molecular complexity index is 1210. The minimum atomic E-state index is -0.832. The van der Waals surface area contributed by atoms with Crippen LogP contribution in [0.3, 0.4) is 0 Å². The zero-order valence-electron chi connectivity index (χ0n) is 18.6. The van der Waals surface area contributed by atoms with E-state index in [0.29, 0.717) is 30.1 Å². The van der Waals surface area contributed by atoms with E-state index in [1.54, 1.807) is 31.4 Å². The highest BCUT2D eigenvalue weighted by molar-refractivity contribution is 6.46. The van der Waals surface area contributed by atoms with Crippen LogP contribution in [-0.4, -0.2) is 42.0 Å². The Morgan fingerprint density at radius 1 is 0.971 bits per heavy atom. The first kappa shape index (κ1) is 23.2. The second kappa shape index (κ2) is 10.3. The van der Waals surface area contributed by atoms with Crippen LogP contribution in [0.4, 0.5) is 4.39 Å². The fraction of sp³-hybridized carbons (Fsp3) is 0.185. The summed E-state index contributed by atoms with van der Waals surface area (Å²) in [5.41, 5.74) is 0.803. The van der Waals surface area contributed by atoms with E-state index in [4.69, 9.17) is 9.47 Å². The summed E-state index contributed by atoms with van der Waals surface area (Å²) in [6.45, 7) is 0.665. The number of nitrogens with zero attached hydrogens (tertiary/aromatic N) is 1. The Morgan fingerprint density at radius 3 is 2.38 bits per heavy atom. The number of halogens is 1. The number of carbonyl (C=O) groups is 2. The van der Waals surface area contributed by atoms with Crippen molar-refractivity contribution < 1.29 is 28.6 Å². The van der Waals surface area contributed by atoms with Crippen molar-refractivity contribution in [2.75, 3.05) is 20.3 Å². The first-order valence-electron chi connectivity index (χ1n) is 10.9. The number of likely N-dealkylation sites (tertiary alicyclic amines) is 1. The molecule has 1 fully saturated rings. The number of Topliss-reactive ketones (excluding diaryl/α,β-unsaturated/α-hetero) is 1. The van der Waals surface area contributed by atoms with E-state index >= 15 is 0 Å². The largest absolute Gasteiger partial charge is 0.507 e. The van der Waals surface area contributed by atoms with E-state index in [1.165, 1.54) is 29.2 Å². The van der Waals surface area contributed by atoms with Crippen molar-refractivity contribution in [3.05, 3.63) is 101 Å². The second-order valence-corrected chi connectivity index (χ2v) is 7.83. The number of hydrogen-bond donors (Lipinski definition) is 1. The second-order valence-electron chi connectivity index (χ2n) is 7.83. The Kier molecular flexibility index (Phi) is 7.04. The van der Waals surface area contributed by atoms with Gasteiger partial charge in [-0.15, -0.1) is 0 Å². The number of ether oxygens (including phenoxy) is 2. The average Bonchev–Trinajstić information content (AvgIpc) is 3.10. The maximum atomic E-state index is 13.4. The molecule has 0 saturated carbocycles. The number of para-hydroxylation sites is 1. The maximum Gasteiger partial charge on any atom is 0.295 e. The molecule has 34 heavy (non-hydrogen) atoms. The summed E-state index contributed by atoms with van der Waals surface area (Å²) in [7, 11) is 1.56. The quantitative estimate of drug-likeness (QED) is 0.219. The lowest BCUT2D eigenvalue weighted by molar-refractivity contribution is -0.140. The molecule has 1 amide bonds. The molecule has 0 aromatic heterocycles. The summed E-state index contributed by atoms with van der Waals surface area (Å²) in [6.07, 6.45) is 0.511. The van der Waals surface area contributed by atoms with Crippen LogP contribution in [0.25, 0.3) is 5.76 Å². The standard InChI is InChI=1S/C27H24FNO5/c1-33-16-6-15-29-24(19-7-5-10-22(17-19)34-21-8-3-2-4-9-21)23(26(31)27(29)32)25(30)18-11-13-20(28)14-12-18/h2-5,7-14,17,24,30H,6,15-16H2,1H3/t24-/m0/s1. The van der Waals surface area contributed by atoms with Gasteiger partial charge in [-0.3, -0.25) is 9.59 Å². The molecule has 0 aliphatic carbocycles. The van der Waals surface area contributed by atoms with Gasteiger partial charge in [0, 0.05) is 25.8 Å². The van der Waals surface area contributed by atoms with Crippen molar-refractivity contribution in [1.82, 2.24) is 4.90 Å². The third-order valence-corrected chi connectivity index (χ3v) is 5.56. The van der Waals surface area contributed by atoms with Gasteiger partial charge in [0.2, 0.25) is 0 Å². The van der Waals surface area contributed by atoms with Crippen LogP contribution in [-0.2, 0) is 14.3 Å². The molecule has 1 saturated heterocycles. The first-order valence-corrected chi connectivity index (χ1v) is 10.9. The van der Waals surface area contributed by atoms with Crippen LogP contribution in [0.2, 0.25) is 0 Å². The SMILES string of the molecule is COCCCN1C(=O)C(=O)C(=C(O)c2ccc(F)cc2)[C@@H]1c1cccc(Oc2ccccc2)c1. The van der Waals surface area contributed by atoms with Gasteiger partial charge in [-0.2, -0.15) is 0 Å². The fourth-order valence-corrected chi connectivity index (χ4v) is 3.97. The van der Waals surface area contributed by atoms with Gasteiger partial charge in [-0.1, -0.05) is 30.3 Å². The number of ketones is 1. The van der Waals surface area contributed by atoms with Crippen LogP contribution in [0.1, 0.15) is 23.6 Å². The normalized spacial score (nSPS) is 17.2. The molecule has 1 aliphatic rings. The highest BCUT2D eigenvalue weighted by atomic mass is 19.1. The van der Waals surface area contributed by atoms with Crippen LogP contribution in [0.15, 0.2) is 84.4 Å². The minimum absolute atomic E-state index is 0.0501. The van der Waals surface area contributed by atoms with Crippen LogP contribution in [0, 0.1) is 5.82 Å². The van der Waals surface area contributed by atoms with Crippen LogP contribution < -0.4 is 4.74 Å². The Morgan fingerprint density at radius 2 is 1.68 bits per heavy atom. The number of methoxy groups -OCH3 is 1. The number of aliphatic hydroxyl groups excluding tert-OH is 1. The first-order chi connectivity index (χ1) is 16.5. The van der Waals surface area contributed by atoms with E-state index in [0.717, 1.165) is 0 Å². The highest BCUT2D eigenvalue weighted by Crippen LogP contribution is 2.40. The average molecular weight is 461 g/mol. The summed E-state index contributed by atoms with van der Waals surface area (Å²) in [5.74, 6) is -1.17. The predicted molar refractivity (Wildman–Crippen MR) is 125 cm³/mol. The van der Waals surface area contributed by atoms with E-state index in [9.17, 15) is 19.1 Å². The monoisotopic (exact) mass is 461 g/mol. The third-order valence-electron chi connectivity index (χ3n) is 5.56. The van der Waals surface area contributed by atoms with Crippen LogP contribution >= 0.6 is 0 Å². The number of aliphatic hydroxyl groups is 1. The highest BCUT2D eigenvalue weighted by Gasteiger charge is 2.45. The molecule has 0 radical (unpaired) electrons. The molecule has 3 aromatic rings. The predicted octanol–water partition coefficient (Wildman–Crippen LogP) is 5.08. The lowest BCUT2D eigenvalue weighted by Gasteiger charge is -2.25. The molecular weight excluding hydrogens is 437 g/mol. The summed E-state index contributed by atoms with van der Waals surface area (Å²) in [4.78, 5) is 27.4. The van der Waals surface area contributed by atoms with Crippen LogP contribution in [0.5, 0.6) is 11.5 Å². The maximum absolute atomic E-state index is 13.4. The zero-order chi connectivity index (χ0) is 24.1. The molecule has 1 heterocycles. The molecule has 7 heteroatoms. The van der Waals surface area contributed by atoms with Gasteiger partial charge >= 0.3 is 0 Å². The molecule has 1 aliphatic heterocycles. The van der Waals surface area contributed by atoms with E-state index in [2.05, 4.69) is 0 Å².